The third-order valence-corrected chi connectivity index (χ3v) is 3.95. The van der Waals surface area contributed by atoms with Crippen molar-refractivity contribution in [3.8, 4) is 0 Å². The van der Waals surface area contributed by atoms with E-state index < -0.39 is 11.9 Å². The van der Waals surface area contributed by atoms with Gasteiger partial charge in [0.15, 0.2) is 5.69 Å². The summed E-state index contributed by atoms with van der Waals surface area (Å²) < 4.78 is 40.6. The largest absolute Gasteiger partial charge is 0.435 e. The fraction of sp³-hybridized carbons (Fsp3) is 0.500. The van der Waals surface area contributed by atoms with Gasteiger partial charge >= 0.3 is 6.18 Å². The molecule has 2 aromatic rings. The first-order chi connectivity index (χ1) is 11.4. The molecule has 1 aliphatic heterocycles. The number of nitrogens with zero attached hydrogens (tertiary/aromatic N) is 5. The monoisotopic (exact) mass is 342 g/mol. The van der Waals surface area contributed by atoms with Crippen LogP contribution in [0.2, 0.25) is 0 Å². The highest BCUT2D eigenvalue weighted by Crippen LogP contribution is 2.27. The van der Waals surface area contributed by atoms with Crippen molar-refractivity contribution in [1.29, 1.82) is 0 Å². The van der Waals surface area contributed by atoms with Crippen LogP contribution in [0, 0.1) is 0 Å². The van der Waals surface area contributed by atoms with E-state index in [1.165, 1.54) is 6.20 Å². The van der Waals surface area contributed by atoms with E-state index in [0.717, 1.165) is 16.6 Å². The Labute approximate surface area is 136 Å². The molecule has 0 aliphatic carbocycles. The van der Waals surface area contributed by atoms with Gasteiger partial charge in [-0.05, 0) is 6.07 Å². The second-order valence-electron chi connectivity index (χ2n) is 5.60. The summed E-state index contributed by atoms with van der Waals surface area (Å²) in [4.78, 5) is 18.5. The number of halogens is 3. The SMILES string of the molecule is Cn1ccnc1C1CNCCN1C(=O)Cn1ccc(C(F)(F)F)n1. The van der Waals surface area contributed by atoms with Crippen molar-refractivity contribution in [2.24, 2.45) is 7.05 Å². The molecule has 0 aromatic carbocycles. The van der Waals surface area contributed by atoms with Gasteiger partial charge in [0.25, 0.3) is 0 Å². The van der Waals surface area contributed by atoms with Gasteiger partial charge in [0.1, 0.15) is 18.4 Å². The number of carbonyl (C=O) groups is 1. The number of carbonyl (C=O) groups excluding carboxylic acids is 1. The van der Waals surface area contributed by atoms with Crippen LogP contribution in [-0.2, 0) is 24.6 Å². The lowest BCUT2D eigenvalue weighted by molar-refractivity contribution is -0.142. The van der Waals surface area contributed by atoms with E-state index >= 15 is 0 Å². The van der Waals surface area contributed by atoms with Crippen LogP contribution in [0.15, 0.2) is 24.7 Å². The Bertz CT molecular complexity index is 722. The Morgan fingerprint density at radius 1 is 1.42 bits per heavy atom. The Balaban J connectivity index is 1.75. The molecule has 2 aromatic heterocycles. The molecular weight excluding hydrogens is 325 g/mol. The standard InChI is InChI=1S/C14H17F3N6O/c1-21-6-4-19-13(21)10-8-18-3-7-23(10)12(24)9-22-5-2-11(20-22)14(15,16)17/h2,4-6,10,18H,3,7-9H2,1H3. The molecule has 1 aliphatic rings. The van der Waals surface area contributed by atoms with Crippen LogP contribution in [0.25, 0.3) is 0 Å². The summed E-state index contributed by atoms with van der Waals surface area (Å²) in [6, 6.07) is 0.602. The molecule has 1 N–H and O–H groups in total. The average molecular weight is 342 g/mol. The predicted molar refractivity (Wildman–Crippen MR) is 77.8 cm³/mol. The summed E-state index contributed by atoms with van der Waals surface area (Å²) in [5.74, 6) is 0.438. The molecule has 0 spiro atoms. The Morgan fingerprint density at radius 2 is 2.21 bits per heavy atom. The van der Waals surface area contributed by atoms with Crippen molar-refractivity contribution in [2.75, 3.05) is 19.6 Å². The smallest absolute Gasteiger partial charge is 0.336 e. The molecule has 1 fully saturated rings. The third-order valence-electron chi connectivity index (χ3n) is 3.95. The van der Waals surface area contributed by atoms with Crippen molar-refractivity contribution >= 4 is 5.91 Å². The van der Waals surface area contributed by atoms with Crippen molar-refractivity contribution in [3.05, 3.63) is 36.2 Å². The summed E-state index contributed by atoms with van der Waals surface area (Å²) in [6.07, 6.45) is 0.0863. The molecule has 0 bridgehead atoms. The zero-order valence-electron chi connectivity index (χ0n) is 13.0. The number of alkyl halides is 3. The molecule has 3 rings (SSSR count). The maximum Gasteiger partial charge on any atom is 0.435 e. The van der Waals surface area contributed by atoms with E-state index in [4.69, 9.17) is 0 Å². The van der Waals surface area contributed by atoms with Gasteiger partial charge < -0.3 is 14.8 Å². The molecule has 130 valence electrons. The minimum absolute atomic E-state index is 0.239. The Hall–Kier alpha value is -2.36. The highest BCUT2D eigenvalue weighted by molar-refractivity contribution is 5.76. The predicted octanol–water partition coefficient (Wildman–Crippen LogP) is 0.808. The molecule has 7 nitrogen and oxygen atoms in total. The highest BCUT2D eigenvalue weighted by atomic mass is 19.4. The number of hydrogen-bond donors (Lipinski definition) is 1. The zero-order chi connectivity index (χ0) is 17.3. The zero-order valence-corrected chi connectivity index (χ0v) is 13.0. The van der Waals surface area contributed by atoms with Crippen LogP contribution >= 0.6 is 0 Å². The Kier molecular flexibility index (Phi) is 4.31. The van der Waals surface area contributed by atoms with E-state index in [1.807, 2.05) is 11.6 Å². The van der Waals surface area contributed by atoms with Crippen molar-refractivity contribution in [3.63, 3.8) is 0 Å². The number of piperazine rings is 1. The molecule has 3 heterocycles. The fourth-order valence-electron chi connectivity index (χ4n) is 2.76. The first-order valence-electron chi connectivity index (χ1n) is 7.44. The van der Waals surface area contributed by atoms with Gasteiger partial charge in [-0.2, -0.15) is 18.3 Å². The fourth-order valence-corrected chi connectivity index (χ4v) is 2.76. The molecular formula is C14H17F3N6O. The highest BCUT2D eigenvalue weighted by Gasteiger charge is 2.34. The number of rotatable bonds is 3. The number of hydrogen-bond acceptors (Lipinski definition) is 4. The van der Waals surface area contributed by atoms with Crippen LogP contribution in [0.1, 0.15) is 17.6 Å². The maximum atomic E-state index is 12.6. The molecule has 24 heavy (non-hydrogen) atoms. The van der Waals surface area contributed by atoms with Gasteiger partial charge in [-0.1, -0.05) is 0 Å². The summed E-state index contributed by atoms with van der Waals surface area (Å²) in [5.41, 5.74) is -1.00. The minimum Gasteiger partial charge on any atom is -0.336 e. The summed E-state index contributed by atoms with van der Waals surface area (Å²) in [7, 11) is 1.84. The first-order valence-corrected chi connectivity index (χ1v) is 7.44. The summed E-state index contributed by atoms with van der Waals surface area (Å²) in [5, 5.41) is 6.63. The number of amides is 1. The van der Waals surface area contributed by atoms with Gasteiger partial charge in [-0.15, -0.1) is 0 Å². The van der Waals surface area contributed by atoms with Gasteiger partial charge in [-0.25, -0.2) is 4.98 Å². The number of aromatic nitrogens is 4. The number of nitrogens with one attached hydrogen (secondary N) is 1. The van der Waals surface area contributed by atoms with Gasteiger partial charge in [-0.3, -0.25) is 9.48 Å². The lowest BCUT2D eigenvalue weighted by Crippen LogP contribution is -2.50. The van der Waals surface area contributed by atoms with Crippen LogP contribution in [-0.4, -0.2) is 49.8 Å². The van der Waals surface area contributed by atoms with E-state index in [0.29, 0.717) is 19.6 Å². The van der Waals surface area contributed by atoms with E-state index in [9.17, 15) is 18.0 Å². The lowest BCUT2D eigenvalue weighted by Gasteiger charge is -2.35. The number of aryl methyl sites for hydroxylation is 1. The van der Waals surface area contributed by atoms with Crippen LogP contribution < -0.4 is 5.32 Å². The van der Waals surface area contributed by atoms with Crippen molar-refractivity contribution < 1.29 is 18.0 Å². The molecule has 1 unspecified atom stereocenters. The third kappa shape index (κ3) is 3.28. The lowest BCUT2D eigenvalue weighted by atomic mass is 10.1. The quantitative estimate of drug-likeness (QED) is 0.896. The average Bonchev–Trinajstić information content (AvgIpc) is 3.16. The van der Waals surface area contributed by atoms with Gasteiger partial charge in [0.05, 0.1) is 0 Å². The second-order valence-corrected chi connectivity index (χ2v) is 5.60. The molecule has 0 saturated carbocycles. The van der Waals surface area contributed by atoms with Crippen LogP contribution in [0.3, 0.4) is 0 Å². The molecule has 1 atom stereocenters. The Morgan fingerprint density at radius 3 is 2.83 bits per heavy atom. The second kappa shape index (κ2) is 6.27. The van der Waals surface area contributed by atoms with Crippen molar-refractivity contribution in [2.45, 2.75) is 18.8 Å². The normalized spacial score (nSPS) is 18.8. The topological polar surface area (TPSA) is 68.0 Å². The summed E-state index contributed by atoms with van der Waals surface area (Å²) in [6.45, 7) is 1.39. The molecule has 0 radical (unpaired) electrons. The molecule has 1 amide bonds. The van der Waals surface area contributed by atoms with Crippen LogP contribution in [0.4, 0.5) is 13.2 Å². The first kappa shape index (κ1) is 16.5. The van der Waals surface area contributed by atoms with Gasteiger partial charge in [0, 0.05) is 45.3 Å². The van der Waals surface area contributed by atoms with Gasteiger partial charge in [0.2, 0.25) is 5.91 Å². The number of imidazole rings is 1. The van der Waals surface area contributed by atoms with E-state index in [1.54, 1.807) is 17.3 Å². The van der Waals surface area contributed by atoms with E-state index in [2.05, 4.69) is 15.4 Å². The molecule has 1 saturated heterocycles. The minimum atomic E-state index is -4.52. The summed E-state index contributed by atoms with van der Waals surface area (Å²) >= 11 is 0. The van der Waals surface area contributed by atoms with Crippen molar-refractivity contribution in [1.82, 2.24) is 29.5 Å². The molecule has 10 heteroatoms. The maximum absolute atomic E-state index is 12.6. The van der Waals surface area contributed by atoms with Crippen LogP contribution in [0.5, 0.6) is 0 Å². The van der Waals surface area contributed by atoms with E-state index in [-0.39, 0.29) is 18.5 Å².